The Balaban J connectivity index is 1.38. The van der Waals surface area contributed by atoms with E-state index in [0.29, 0.717) is 17.8 Å². The molecule has 1 aliphatic heterocycles. The number of hydrogen-bond acceptors (Lipinski definition) is 4. The lowest BCUT2D eigenvalue weighted by atomic mass is 9.46. The van der Waals surface area contributed by atoms with Crippen LogP contribution in [-0.2, 0) is 10.2 Å². The summed E-state index contributed by atoms with van der Waals surface area (Å²) in [5.74, 6) is 0.965. The van der Waals surface area contributed by atoms with E-state index in [1.165, 1.54) is 19.3 Å². The minimum absolute atomic E-state index is 0.0478. The number of nitrogens with one attached hydrogen (secondary N) is 2. The zero-order valence-corrected chi connectivity index (χ0v) is 14.6. The molecule has 3 atom stereocenters. The monoisotopic (exact) mass is 330 g/mol. The first kappa shape index (κ1) is 15.8. The van der Waals surface area contributed by atoms with Crippen molar-refractivity contribution >= 4 is 11.8 Å². The zero-order chi connectivity index (χ0) is 16.9. The van der Waals surface area contributed by atoms with Gasteiger partial charge in [-0.1, -0.05) is 27.2 Å². The molecule has 130 valence electrons. The van der Waals surface area contributed by atoms with E-state index in [0.717, 1.165) is 18.7 Å². The van der Waals surface area contributed by atoms with Crippen LogP contribution in [0.1, 0.15) is 52.1 Å². The zero-order valence-electron chi connectivity index (χ0n) is 14.6. The minimum Gasteiger partial charge on any atom is -0.377 e. The predicted molar refractivity (Wildman–Crippen MR) is 90.8 cm³/mol. The van der Waals surface area contributed by atoms with Crippen LogP contribution in [-0.4, -0.2) is 35.0 Å². The average molecular weight is 330 g/mol. The topological polar surface area (TPSA) is 76.1 Å². The summed E-state index contributed by atoms with van der Waals surface area (Å²) >= 11 is 0. The number of ether oxygens (including phenoxy) is 1. The van der Waals surface area contributed by atoms with Gasteiger partial charge in [0, 0.05) is 29.4 Å². The third kappa shape index (κ3) is 2.39. The van der Waals surface area contributed by atoms with Crippen molar-refractivity contribution < 1.29 is 9.53 Å². The van der Waals surface area contributed by atoms with E-state index in [4.69, 9.17) is 4.74 Å². The molecule has 1 spiro atoms. The Morgan fingerprint density at radius 1 is 1.29 bits per heavy atom. The molecule has 2 amide bonds. The van der Waals surface area contributed by atoms with Gasteiger partial charge >= 0.3 is 6.03 Å². The number of amides is 2. The maximum Gasteiger partial charge on any atom is 0.320 e. The van der Waals surface area contributed by atoms with E-state index in [2.05, 4.69) is 41.6 Å². The Labute approximate surface area is 142 Å². The van der Waals surface area contributed by atoms with Gasteiger partial charge in [-0.2, -0.15) is 5.10 Å². The molecular formula is C18H26N4O2. The summed E-state index contributed by atoms with van der Waals surface area (Å²) in [6.45, 7) is 7.10. The lowest BCUT2D eigenvalue weighted by Gasteiger charge is -2.63. The van der Waals surface area contributed by atoms with Crippen LogP contribution in [0.2, 0.25) is 0 Å². The minimum atomic E-state index is -0.186. The first-order chi connectivity index (χ1) is 11.4. The number of carbonyl (C=O) groups is 1. The van der Waals surface area contributed by atoms with Gasteiger partial charge in [-0.3, -0.25) is 5.32 Å². The summed E-state index contributed by atoms with van der Waals surface area (Å²) < 4.78 is 5.89. The van der Waals surface area contributed by atoms with E-state index in [1.807, 2.05) is 12.1 Å². The van der Waals surface area contributed by atoms with Crippen molar-refractivity contribution in [3.63, 3.8) is 0 Å². The number of urea groups is 1. The highest BCUT2D eigenvalue weighted by Crippen LogP contribution is 2.62. The van der Waals surface area contributed by atoms with Gasteiger partial charge in [0.1, 0.15) is 0 Å². The fraction of sp³-hybridized carbons (Fsp3) is 0.722. The Kier molecular flexibility index (Phi) is 3.56. The van der Waals surface area contributed by atoms with E-state index < -0.39 is 0 Å². The number of fused-ring (bicyclic) bond motifs is 2. The van der Waals surface area contributed by atoms with Crippen LogP contribution in [0.4, 0.5) is 10.6 Å². The average Bonchev–Trinajstić information content (AvgIpc) is 2.88. The van der Waals surface area contributed by atoms with Gasteiger partial charge in [-0.25, -0.2) is 4.79 Å². The number of hydrogen-bond donors (Lipinski definition) is 2. The molecule has 6 nitrogen and oxygen atoms in total. The predicted octanol–water partition coefficient (Wildman–Crippen LogP) is 2.85. The maximum absolute atomic E-state index is 12.4. The van der Waals surface area contributed by atoms with Crippen molar-refractivity contribution in [2.45, 2.75) is 64.0 Å². The molecule has 0 unspecified atom stereocenters. The van der Waals surface area contributed by atoms with Gasteiger partial charge in [0.05, 0.1) is 11.8 Å². The van der Waals surface area contributed by atoms with Crippen molar-refractivity contribution in [3.8, 4) is 0 Å². The summed E-state index contributed by atoms with van der Waals surface area (Å²) in [6.07, 6.45) is 4.99. The molecular weight excluding hydrogens is 304 g/mol. The van der Waals surface area contributed by atoms with E-state index in [1.54, 1.807) is 0 Å². The molecule has 6 heteroatoms. The second-order valence-corrected chi connectivity index (χ2v) is 8.46. The highest BCUT2D eigenvalue weighted by Gasteiger charge is 2.66. The molecule has 0 aromatic carbocycles. The molecule has 1 aromatic heterocycles. The highest BCUT2D eigenvalue weighted by atomic mass is 16.5. The molecule has 3 aliphatic rings. The fourth-order valence-electron chi connectivity index (χ4n) is 4.55. The number of aromatic nitrogens is 2. The smallest absolute Gasteiger partial charge is 0.320 e. The fourth-order valence-corrected chi connectivity index (χ4v) is 4.55. The van der Waals surface area contributed by atoms with Gasteiger partial charge < -0.3 is 10.1 Å². The first-order valence-electron chi connectivity index (χ1n) is 8.93. The highest BCUT2D eigenvalue weighted by molar-refractivity contribution is 5.88. The first-order valence-corrected chi connectivity index (χ1v) is 8.93. The summed E-state index contributed by atoms with van der Waals surface area (Å²) in [6, 6.07) is 3.78. The Morgan fingerprint density at radius 2 is 2.08 bits per heavy atom. The second kappa shape index (κ2) is 5.41. The van der Waals surface area contributed by atoms with Crippen LogP contribution in [0.3, 0.4) is 0 Å². The van der Waals surface area contributed by atoms with Crippen molar-refractivity contribution in [2.24, 2.45) is 11.3 Å². The van der Waals surface area contributed by atoms with Crippen LogP contribution in [0, 0.1) is 11.3 Å². The van der Waals surface area contributed by atoms with Crippen molar-refractivity contribution in [1.29, 1.82) is 0 Å². The molecule has 4 rings (SSSR count). The molecule has 2 heterocycles. The molecule has 3 fully saturated rings. The quantitative estimate of drug-likeness (QED) is 0.874. The summed E-state index contributed by atoms with van der Waals surface area (Å²) in [5, 5.41) is 14.3. The van der Waals surface area contributed by atoms with E-state index >= 15 is 0 Å². The number of nitrogens with zero attached hydrogens (tertiary/aromatic N) is 2. The van der Waals surface area contributed by atoms with Gasteiger partial charge in [0.15, 0.2) is 5.82 Å². The molecule has 0 radical (unpaired) electrons. The summed E-state index contributed by atoms with van der Waals surface area (Å²) in [7, 11) is 0. The van der Waals surface area contributed by atoms with Crippen LogP contribution in [0.15, 0.2) is 12.1 Å². The van der Waals surface area contributed by atoms with Crippen LogP contribution in [0.25, 0.3) is 0 Å². The molecule has 24 heavy (non-hydrogen) atoms. The lowest BCUT2D eigenvalue weighted by molar-refractivity contribution is -0.171. The third-order valence-corrected chi connectivity index (χ3v) is 6.00. The normalized spacial score (nSPS) is 30.2. The summed E-state index contributed by atoms with van der Waals surface area (Å²) in [5.41, 5.74) is 1.06. The number of carbonyl (C=O) groups excluding carboxylic acids is 1. The van der Waals surface area contributed by atoms with E-state index in [9.17, 15) is 4.79 Å². The van der Waals surface area contributed by atoms with Crippen molar-refractivity contribution in [2.75, 3.05) is 11.9 Å². The molecule has 1 saturated heterocycles. The molecule has 1 aromatic rings. The lowest BCUT2D eigenvalue weighted by Crippen LogP contribution is -2.72. The Bertz CT molecular complexity index is 633. The van der Waals surface area contributed by atoms with Gasteiger partial charge in [-0.05, 0) is 31.4 Å². The van der Waals surface area contributed by atoms with Gasteiger partial charge in [-0.15, -0.1) is 5.10 Å². The molecule has 0 bridgehead atoms. The Hall–Kier alpha value is -1.69. The van der Waals surface area contributed by atoms with Crippen molar-refractivity contribution in [1.82, 2.24) is 15.5 Å². The maximum atomic E-state index is 12.4. The van der Waals surface area contributed by atoms with Crippen LogP contribution < -0.4 is 10.6 Å². The van der Waals surface area contributed by atoms with Gasteiger partial charge in [0.2, 0.25) is 0 Å². The SMILES string of the molecule is CC(C)(C)c1ccc(NC(=O)N[C@@H]2[C@H]3CCO[C@H]3C23CCC3)nn1. The van der Waals surface area contributed by atoms with Crippen molar-refractivity contribution in [3.05, 3.63) is 17.8 Å². The van der Waals surface area contributed by atoms with E-state index in [-0.39, 0.29) is 22.9 Å². The third-order valence-electron chi connectivity index (χ3n) is 6.00. The largest absolute Gasteiger partial charge is 0.377 e. The molecule has 2 saturated carbocycles. The molecule has 2 aliphatic carbocycles. The van der Waals surface area contributed by atoms with Crippen LogP contribution in [0.5, 0.6) is 0 Å². The second-order valence-electron chi connectivity index (χ2n) is 8.46. The molecule has 2 N–H and O–H groups in total. The van der Waals surface area contributed by atoms with Gasteiger partial charge in [0.25, 0.3) is 0 Å². The standard InChI is InChI=1S/C18H26N4O2/c1-17(2,3)12-5-6-13(22-21-12)19-16(23)20-14-11-7-10-24-15(11)18(14)8-4-9-18/h5-6,11,14-15H,4,7-10H2,1-3H3,(H2,19,20,22,23)/t11-,14-,15-/m1/s1. The number of rotatable bonds is 2. The Morgan fingerprint density at radius 3 is 2.67 bits per heavy atom. The van der Waals surface area contributed by atoms with Crippen LogP contribution >= 0.6 is 0 Å². The number of anilines is 1. The summed E-state index contributed by atoms with van der Waals surface area (Å²) in [4.78, 5) is 12.4.